The Morgan fingerprint density at radius 3 is 2.20 bits per heavy atom. The third kappa shape index (κ3) is 2.19. The van der Waals surface area contributed by atoms with Crippen molar-refractivity contribution in [2.75, 3.05) is 0 Å². The molecule has 0 radical (unpaired) electrons. The first-order chi connectivity index (χ1) is 7.13. The normalized spacial score (nSPS) is 11.7. The zero-order chi connectivity index (χ0) is 11.4. The molecule has 15 heavy (non-hydrogen) atoms. The van der Waals surface area contributed by atoms with Crippen molar-refractivity contribution in [1.82, 2.24) is 0 Å². The van der Waals surface area contributed by atoms with Gasteiger partial charge in [0.15, 0.2) is 0 Å². The van der Waals surface area contributed by atoms with Gasteiger partial charge >= 0.3 is 0 Å². The second-order valence-electron chi connectivity index (χ2n) is 3.11. The molecule has 0 fully saturated rings. The van der Waals surface area contributed by atoms with Gasteiger partial charge in [-0.2, -0.15) is 0 Å². The molecule has 0 atom stereocenters. The average Bonchev–Trinajstić information content (AvgIpc) is 2.23. The molecule has 82 valence electrons. The molecule has 0 aliphatic rings. The number of rotatable bonds is 3. The van der Waals surface area contributed by atoms with E-state index in [1.165, 1.54) is 12.1 Å². The van der Waals surface area contributed by atoms with Crippen molar-refractivity contribution in [1.29, 1.82) is 0 Å². The van der Waals surface area contributed by atoms with E-state index < -0.39 is 0 Å². The number of aromatic hydroxyl groups is 2. The van der Waals surface area contributed by atoms with Crippen LogP contribution < -0.4 is 5.73 Å². The molecule has 0 amide bonds. The maximum Gasteiger partial charge on any atom is 0.128 e. The van der Waals surface area contributed by atoms with E-state index in [9.17, 15) is 10.2 Å². The van der Waals surface area contributed by atoms with Gasteiger partial charge in [-0.1, -0.05) is 12.1 Å². The second-order valence-corrected chi connectivity index (χ2v) is 3.11. The van der Waals surface area contributed by atoms with Gasteiger partial charge in [0.1, 0.15) is 11.5 Å². The summed E-state index contributed by atoms with van der Waals surface area (Å²) in [6, 6.07) is 2.88. The summed E-state index contributed by atoms with van der Waals surface area (Å²) in [6.07, 6.45) is 0.402. The fourth-order valence-electron chi connectivity index (χ4n) is 1.38. The quantitative estimate of drug-likeness (QED) is 0.341. The number of benzene rings is 1. The van der Waals surface area contributed by atoms with Gasteiger partial charge in [0.25, 0.3) is 0 Å². The fourth-order valence-corrected chi connectivity index (χ4v) is 1.38. The standard InChI is InChI=1S/C10H14N2O3/c1-2-7(12-15)10-8(13)3-6(5-11)4-9(10)14/h3-4,13-15H,2,5,11H2,1H3. The lowest BCUT2D eigenvalue weighted by atomic mass is 10.0. The van der Waals surface area contributed by atoms with Gasteiger partial charge in [0.05, 0.1) is 11.3 Å². The minimum atomic E-state index is -0.134. The lowest BCUT2D eigenvalue weighted by Crippen LogP contribution is -2.03. The molecule has 1 rings (SSSR count). The van der Waals surface area contributed by atoms with Crippen LogP contribution in [0.5, 0.6) is 11.5 Å². The highest BCUT2D eigenvalue weighted by Gasteiger charge is 2.14. The van der Waals surface area contributed by atoms with Gasteiger partial charge < -0.3 is 21.2 Å². The number of hydrogen-bond acceptors (Lipinski definition) is 5. The summed E-state index contributed by atoms with van der Waals surface area (Å²) in [6.45, 7) is 1.98. The van der Waals surface area contributed by atoms with Crippen LogP contribution in [0.1, 0.15) is 24.5 Å². The molecular weight excluding hydrogens is 196 g/mol. The van der Waals surface area contributed by atoms with Gasteiger partial charge in [0.2, 0.25) is 0 Å². The van der Waals surface area contributed by atoms with Crippen LogP contribution >= 0.6 is 0 Å². The predicted molar refractivity (Wildman–Crippen MR) is 56.3 cm³/mol. The largest absolute Gasteiger partial charge is 0.507 e. The van der Waals surface area contributed by atoms with Crippen LogP contribution in [0, 0.1) is 0 Å². The van der Waals surface area contributed by atoms with E-state index >= 15 is 0 Å². The number of nitrogens with zero attached hydrogens (tertiary/aromatic N) is 1. The summed E-state index contributed by atoms with van der Waals surface area (Å²) >= 11 is 0. The van der Waals surface area contributed by atoms with Crippen LogP contribution in [0.25, 0.3) is 0 Å². The van der Waals surface area contributed by atoms with Crippen molar-refractivity contribution in [2.45, 2.75) is 19.9 Å². The third-order valence-corrected chi connectivity index (χ3v) is 2.14. The summed E-state index contributed by atoms with van der Waals surface area (Å²) in [4.78, 5) is 0. The van der Waals surface area contributed by atoms with Crippen LogP contribution in [-0.2, 0) is 6.54 Å². The Bertz CT molecular complexity index is 365. The van der Waals surface area contributed by atoms with Crippen molar-refractivity contribution in [2.24, 2.45) is 10.9 Å². The lowest BCUT2D eigenvalue weighted by Gasteiger charge is -2.09. The molecule has 0 aliphatic heterocycles. The van der Waals surface area contributed by atoms with Crippen LogP contribution in [0.3, 0.4) is 0 Å². The fraction of sp³-hybridized carbons (Fsp3) is 0.300. The molecule has 5 nitrogen and oxygen atoms in total. The summed E-state index contributed by atoms with van der Waals surface area (Å²) in [7, 11) is 0. The highest BCUT2D eigenvalue weighted by molar-refractivity contribution is 6.04. The van der Waals surface area contributed by atoms with Gasteiger partial charge in [-0.25, -0.2) is 0 Å². The highest BCUT2D eigenvalue weighted by Crippen LogP contribution is 2.30. The number of phenols is 2. The molecule has 0 unspecified atom stereocenters. The molecule has 0 heterocycles. The minimum absolute atomic E-state index is 0.134. The summed E-state index contributed by atoms with van der Waals surface area (Å²) < 4.78 is 0. The Labute approximate surface area is 87.5 Å². The molecule has 0 aromatic heterocycles. The first kappa shape index (κ1) is 11.3. The molecule has 1 aromatic rings. The van der Waals surface area contributed by atoms with Crippen LogP contribution in [-0.4, -0.2) is 21.1 Å². The smallest absolute Gasteiger partial charge is 0.128 e. The maximum atomic E-state index is 9.63. The third-order valence-electron chi connectivity index (χ3n) is 2.14. The second kappa shape index (κ2) is 4.65. The van der Waals surface area contributed by atoms with E-state index in [2.05, 4.69) is 5.16 Å². The Balaban J connectivity index is 3.31. The summed E-state index contributed by atoms with van der Waals surface area (Å²) in [5.74, 6) is -0.268. The summed E-state index contributed by atoms with van der Waals surface area (Å²) in [5.41, 5.74) is 6.37. The average molecular weight is 210 g/mol. The van der Waals surface area contributed by atoms with E-state index in [4.69, 9.17) is 10.9 Å². The van der Waals surface area contributed by atoms with Crippen molar-refractivity contribution in [3.05, 3.63) is 23.3 Å². The van der Waals surface area contributed by atoms with E-state index in [1.807, 2.05) is 0 Å². The Kier molecular flexibility index (Phi) is 3.51. The molecule has 0 bridgehead atoms. The predicted octanol–water partition coefficient (Wildman–Crippen LogP) is 1.14. The molecule has 0 aliphatic carbocycles. The van der Waals surface area contributed by atoms with E-state index in [1.54, 1.807) is 6.92 Å². The maximum absolute atomic E-state index is 9.63. The molecule has 5 N–H and O–H groups in total. The monoisotopic (exact) mass is 210 g/mol. The molecule has 5 heteroatoms. The number of hydrogen-bond donors (Lipinski definition) is 4. The first-order valence-corrected chi connectivity index (χ1v) is 4.60. The van der Waals surface area contributed by atoms with Crippen LogP contribution in [0.4, 0.5) is 0 Å². The minimum Gasteiger partial charge on any atom is -0.507 e. The van der Waals surface area contributed by atoms with Crippen LogP contribution in [0.2, 0.25) is 0 Å². The van der Waals surface area contributed by atoms with Crippen LogP contribution in [0.15, 0.2) is 17.3 Å². The number of nitrogens with two attached hydrogens (primary N) is 1. The Hall–Kier alpha value is -1.75. The van der Waals surface area contributed by atoms with Gasteiger partial charge in [0, 0.05) is 6.54 Å². The van der Waals surface area contributed by atoms with E-state index in [0.717, 1.165) is 0 Å². The van der Waals surface area contributed by atoms with Gasteiger partial charge in [-0.15, -0.1) is 0 Å². The first-order valence-electron chi connectivity index (χ1n) is 4.60. The van der Waals surface area contributed by atoms with Crippen molar-refractivity contribution >= 4 is 5.71 Å². The highest BCUT2D eigenvalue weighted by atomic mass is 16.4. The number of phenolic OH excluding ortho intramolecular Hbond substituents is 2. The Morgan fingerprint density at radius 1 is 1.33 bits per heavy atom. The van der Waals surface area contributed by atoms with E-state index in [-0.39, 0.29) is 29.3 Å². The lowest BCUT2D eigenvalue weighted by molar-refractivity contribution is 0.317. The zero-order valence-electron chi connectivity index (χ0n) is 8.44. The molecule has 0 spiro atoms. The topological polar surface area (TPSA) is 99.1 Å². The number of oxime groups is 1. The molecular formula is C10H14N2O3. The van der Waals surface area contributed by atoms with Crippen molar-refractivity contribution < 1.29 is 15.4 Å². The van der Waals surface area contributed by atoms with Crippen molar-refractivity contribution in [3.8, 4) is 11.5 Å². The van der Waals surface area contributed by atoms with Gasteiger partial charge in [-0.05, 0) is 24.1 Å². The van der Waals surface area contributed by atoms with Crippen molar-refractivity contribution in [3.63, 3.8) is 0 Å². The van der Waals surface area contributed by atoms with E-state index in [0.29, 0.717) is 12.0 Å². The molecule has 0 saturated heterocycles. The molecule has 1 aromatic carbocycles. The molecule has 0 saturated carbocycles. The zero-order valence-corrected chi connectivity index (χ0v) is 8.44. The SMILES string of the molecule is CCC(=NO)c1c(O)cc(CN)cc1O. The van der Waals surface area contributed by atoms with Gasteiger partial charge in [-0.3, -0.25) is 0 Å². The Morgan fingerprint density at radius 2 is 1.87 bits per heavy atom. The summed E-state index contributed by atoms with van der Waals surface area (Å²) in [5, 5.41) is 31.0.